The Morgan fingerprint density at radius 3 is 2.59 bits per heavy atom. The molecule has 0 bridgehead atoms. The van der Waals surface area contributed by atoms with Crippen LogP contribution in [0.2, 0.25) is 0 Å². The van der Waals surface area contributed by atoms with Gasteiger partial charge in [-0.3, -0.25) is 4.79 Å². The van der Waals surface area contributed by atoms with Crippen LogP contribution in [0.4, 0.5) is 4.39 Å². The van der Waals surface area contributed by atoms with E-state index in [0.717, 1.165) is 19.0 Å². The van der Waals surface area contributed by atoms with Crippen molar-refractivity contribution in [3.63, 3.8) is 0 Å². The van der Waals surface area contributed by atoms with Crippen LogP contribution in [0.5, 0.6) is 0 Å². The first-order valence-electron chi connectivity index (χ1n) is 9.05. The van der Waals surface area contributed by atoms with Crippen LogP contribution >= 0.6 is 11.3 Å². The molecule has 0 saturated carbocycles. The first-order chi connectivity index (χ1) is 13.0. The molecule has 2 aliphatic heterocycles. The van der Waals surface area contributed by atoms with Crippen molar-refractivity contribution in [2.24, 2.45) is 5.92 Å². The fourth-order valence-electron chi connectivity index (χ4n) is 3.83. The number of carbonyl (C=O) groups excluding carboxylic acids is 1. The first kappa shape index (κ1) is 18.6. The number of sulfonamides is 1. The van der Waals surface area contributed by atoms with Crippen LogP contribution in [0.15, 0.2) is 40.6 Å². The third-order valence-corrected chi connectivity index (χ3v) is 8.33. The van der Waals surface area contributed by atoms with Crippen molar-refractivity contribution in [1.82, 2.24) is 9.21 Å². The van der Waals surface area contributed by atoms with E-state index in [0.29, 0.717) is 19.4 Å². The summed E-state index contributed by atoms with van der Waals surface area (Å²) in [5.41, 5.74) is 1.22. The van der Waals surface area contributed by atoms with E-state index in [2.05, 4.69) is 11.4 Å². The molecule has 2 aliphatic rings. The summed E-state index contributed by atoms with van der Waals surface area (Å²) in [6, 6.07) is 7.49. The van der Waals surface area contributed by atoms with Gasteiger partial charge in [-0.1, -0.05) is 12.1 Å². The maximum Gasteiger partial charge on any atom is 0.245 e. The molecule has 27 heavy (non-hydrogen) atoms. The van der Waals surface area contributed by atoms with Crippen molar-refractivity contribution in [3.05, 3.63) is 52.0 Å². The van der Waals surface area contributed by atoms with E-state index in [1.807, 2.05) is 4.90 Å². The number of hydrogen-bond acceptors (Lipinski definition) is 4. The summed E-state index contributed by atoms with van der Waals surface area (Å²) in [7, 11) is -3.86. The molecule has 0 atom stereocenters. The molecular formula is C19H21FN2O3S2. The van der Waals surface area contributed by atoms with Crippen LogP contribution in [0, 0.1) is 11.7 Å². The maximum atomic E-state index is 13.9. The lowest BCUT2D eigenvalue weighted by Gasteiger charge is -2.35. The van der Waals surface area contributed by atoms with Crippen molar-refractivity contribution in [2.75, 3.05) is 19.6 Å². The highest BCUT2D eigenvalue weighted by atomic mass is 32.2. The monoisotopic (exact) mass is 408 g/mol. The van der Waals surface area contributed by atoms with E-state index in [4.69, 9.17) is 0 Å². The molecule has 4 rings (SSSR count). The molecule has 1 fully saturated rings. The molecule has 2 aromatic rings. The Kier molecular flexibility index (Phi) is 5.05. The van der Waals surface area contributed by atoms with Gasteiger partial charge in [0.1, 0.15) is 10.7 Å². The van der Waals surface area contributed by atoms with Gasteiger partial charge >= 0.3 is 0 Å². The minimum absolute atomic E-state index is 0.106. The van der Waals surface area contributed by atoms with E-state index in [-0.39, 0.29) is 29.8 Å². The van der Waals surface area contributed by atoms with Gasteiger partial charge in [0.2, 0.25) is 15.9 Å². The Labute approximate surface area is 162 Å². The Balaban J connectivity index is 1.40. The minimum atomic E-state index is -3.86. The molecule has 8 heteroatoms. The highest BCUT2D eigenvalue weighted by Crippen LogP contribution is 2.29. The van der Waals surface area contributed by atoms with Crippen molar-refractivity contribution < 1.29 is 17.6 Å². The Hall–Kier alpha value is -1.77. The molecule has 0 aliphatic carbocycles. The summed E-state index contributed by atoms with van der Waals surface area (Å²) in [5, 5.41) is 2.06. The number of fused-ring (bicyclic) bond motifs is 1. The lowest BCUT2D eigenvalue weighted by molar-refractivity contribution is -0.137. The second-order valence-corrected chi connectivity index (χ2v) is 9.89. The van der Waals surface area contributed by atoms with Gasteiger partial charge < -0.3 is 4.90 Å². The van der Waals surface area contributed by atoms with Crippen LogP contribution in [-0.2, 0) is 27.8 Å². The fourth-order valence-corrected chi connectivity index (χ4v) is 6.26. The summed E-state index contributed by atoms with van der Waals surface area (Å²) in [6.07, 6.45) is 1.83. The van der Waals surface area contributed by atoms with Gasteiger partial charge in [-0.05, 0) is 48.4 Å². The van der Waals surface area contributed by atoms with Gasteiger partial charge in [-0.2, -0.15) is 4.31 Å². The highest BCUT2D eigenvalue weighted by molar-refractivity contribution is 7.89. The van der Waals surface area contributed by atoms with E-state index in [9.17, 15) is 17.6 Å². The number of rotatable bonds is 3. The summed E-state index contributed by atoms with van der Waals surface area (Å²) in [4.78, 5) is 15.8. The van der Waals surface area contributed by atoms with E-state index >= 15 is 0 Å². The molecule has 0 radical (unpaired) electrons. The number of benzene rings is 1. The largest absolute Gasteiger partial charge is 0.338 e. The SMILES string of the molecule is O=C(C1CCN(S(=O)(=O)c2ccccc2F)CC1)N1CCc2sccc2C1. The molecule has 5 nitrogen and oxygen atoms in total. The van der Waals surface area contributed by atoms with E-state index in [1.54, 1.807) is 11.3 Å². The summed E-state index contributed by atoms with van der Waals surface area (Å²) >= 11 is 1.73. The minimum Gasteiger partial charge on any atom is -0.338 e. The third kappa shape index (κ3) is 3.53. The van der Waals surface area contributed by atoms with Crippen LogP contribution in [0.3, 0.4) is 0 Å². The van der Waals surface area contributed by atoms with Crippen LogP contribution < -0.4 is 0 Å². The summed E-state index contributed by atoms with van der Waals surface area (Å²) in [5.74, 6) is -0.803. The smallest absolute Gasteiger partial charge is 0.245 e. The molecule has 144 valence electrons. The quantitative estimate of drug-likeness (QED) is 0.785. The molecular weight excluding hydrogens is 387 g/mol. The van der Waals surface area contributed by atoms with Crippen molar-refractivity contribution in [3.8, 4) is 0 Å². The molecule has 1 aromatic heterocycles. The Morgan fingerprint density at radius 2 is 1.85 bits per heavy atom. The molecule has 0 spiro atoms. The lowest BCUT2D eigenvalue weighted by Crippen LogP contribution is -2.45. The molecule has 0 N–H and O–H groups in total. The van der Waals surface area contributed by atoms with Crippen molar-refractivity contribution in [2.45, 2.75) is 30.7 Å². The maximum absolute atomic E-state index is 13.9. The van der Waals surface area contributed by atoms with E-state index in [1.165, 1.54) is 32.9 Å². The molecule has 3 heterocycles. The number of nitrogens with zero attached hydrogens (tertiary/aromatic N) is 2. The summed E-state index contributed by atoms with van der Waals surface area (Å²) in [6.45, 7) is 1.85. The first-order valence-corrected chi connectivity index (χ1v) is 11.4. The van der Waals surface area contributed by atoms with Crippen molar-refractivity contribution in [1.29, 1.82) is 0 Å². The predicted octanol–water partition coefficient (Wildman–Crippen LogP) is 2.87. The summed E-state index contributed by atoms with van der Waals surface area (Å²) < 4.78 is 40.6. The average molecular weight is 409 g/mol. The zero-order valence-corrected chi connectivity index (χ0v) is 16.4. The van der Waals surface area contributed by atoms with Gasteiger partial charge in [-0.25, -0.2) is 12.8 Å². The van der Waals surface area contributed by atoms with Gasteiger partial charge in [0, 0.05) is 37.0 Å². The van der Waals surface area contributed by atoms with Crippen LogP contribution in [0.25, 0.3) is 0 Å². The molecule has 0 unspecified atom stereocenters. The van der Waals surface area contributed by atoms with Crippen LogP contribution in [-0.4, -0.2) is 43.2 Å². The number of amides is 1. The second kappa shape index (κ2) is 7.33. The zero-order chi connectivity index (χ0) is 19.0. The Morgan fingerprint density at radius 1 is 1.11 bits per heavy atom. The predicted molar refractivity (Wildman–Crippen MR) is 101 cm³/mol. The molecule has 1 amide bonds. The number of halogens is 1. The number of piperidine rings is 1. The number of hydrogen-bond donors (Lipinski definition) is 0. The zero-order valence-electron chi connectivity index (χ0n) is 14.8. The lowest BCUT2D eigenvalue weighted by atomic mass is 9.95. The van der Waals surface area contributed by atoms with Gasteiger partial charge in [0.25, 0.3) is 0 Å². The molecule has 1 aromatic carbocycles. The highest BCUT2D eigenvalue weighted by Gasteiger charge is 2.35. The number of thiophene rings is 1. The standard InChI is InChI=1S/C19H21FN2O3S2/c20-16-3-1-2-4-18(16)27(24,25)22-10-5-14(6-11-22)19(23)21-9-7-17-15(13-21)8-12-26-17/h1-4,8,12,14H,5-7,9-11,13H2. The second-order valence-electron chi connectivity index (χ2n) is 6.99. The van der Waals surface area contributed by atoms with Gasteiger partial charge in [0.15, 0.2) is 0 Å². The fraction of sp³-hybridized carbons (Fsp3) is 0.421. The van der Waals surface area contributed by atoms with E-state index < -0.39 is 15.8 Å². The van der Waals surface area contributed by atoms with Gasteiger partial charge in [-0.15, -0.1) is 11.3 Å². The van der Waals surface area contributed by atoms with Gasteiger partial charge in [0.05, 0.1) is 0 Å². The third-order valence-electron chi connectivity index (χ3n) is 5.38. The average Bonchev–Trinajstić information content (AvgIpc) is 3.15. The Bertz CT molecular complexity index is 949. The normalized spacial score (nSPS) is 19.1. The molecule has 1 saturated heterocycles. The van der Waals surface area contributed by atoms with Crippen molar-refractivity contribution >= 4 is 27.3 Å². The topological polar surface area (TPSA) is 57.7 Å². The number of carbonyl (C=O) groups is 1. The van der Waals surface area contributed by atoms with Crippen LogP contribution in [0.1, 0.15) is 23.3 Å².